The molecule has 2 aliphatic rings. The van der Waals surface area contributed by atoms with E-state index in [9.17, 15) is 4.79 Å². The van der Waals surface area contributed by atoms with Gasteiger partial charge in [-0.05, 0) is 62.6 Å². The predicted molar refractivity (Wildman–Crippen MR) is 107 cm³/mol. The number of piperazine rings is 1. The van der Waals surface area contributed by atoms with Gasteiger partial charge in [0.05, 0.1) is 6.61 Å². The first-order valence-corrected chi connectivity index (χ1v) is 10.5. The zero-order valence-corrected chi connectivity index (χ0v) is 16.5. The number of amides is 1. The van der Waals surface area contributed by atoms with Crippen LogP contribution in [0, 0.1) is 6.92 Å². The minimum atomic E-state index is 0.257. The topological polar surface area (TPSA) is 42.0 Å². The molecular formula is C22H33N2O3. The summed E-state index contributed by atoms with van der Waals surface area (Å²) >= 11 is 0. The Balaban J connectivity index is 1.40. The maximum absolute atomic E-state index is 11.9. The lowest BCUT2D eigenvalue weighted by Gasteiger charge is -2.34. The van der Waals surface area contributed by atoms with E-state index in [0.717, 1.165) is 77.0 Å². The van der Waals surface area contributed by atoms with Crippen LogP contribution in [-0.2, 0) is 22.5 Å². The van der Waals surface area contributed by atoms with E-state index in [4.69, 9.17) is 9.78 Å². The average Bonchev–Trinajstić information content (AvgIpc) is 2.66. The van der Waals surface area contributed by atoms with E-state index in [1.165, 1.54) is 11.1 Å². The van der Waals surface area contributed by atoms with Crippen molar-refractivity contribution < 1.29 is 14.6 Å². The van der Waals surface area contributed by atoms with Crippen LogP contribution in [0.2, 0.25) is 0 Å². The van der Waals surface area contributed by atoms with Crippen molar-refractivity contribution in [3.05, 3.63) is 36.2 Å². The number of nitrogens with zero attached hydrogens (tertiary/aromatic N) is 2. The Hall–Kier alpha value is -1.59. The van der Waals surface area contributed by atoms with E-state index in [2.05, 4.69) is 30.0 Å². The summed E-state index contributed by atoms with van der Waals surface area (Å²) in [5.41, 5.74) is 2.54. The molecule has 0 spiro atoms. The van der Waals surface area contributed by atoms with Crippen LogP contribution in [0.25, 0.3) is 0 Å². The van der Waals surface area contributed by atoms with Crippen LogP contribution in [0.15, 0.2) is 18.2 Å². The molecule has 2 heterocycles. The zero-order valence-electron chi connectivity index (χ0n) is 16.5. The van der Waals surface area contributed by atoms with Crippen molar-refractivity contribution in [2.75, 3.05) is 39.3 Å². The van der Waals surface area contributed by atoms with Crippen LogP contribution in [-0.4, -0.2) is 55.0 Å². The highest BCUT2D eigenvalue weighted by atomic mass is 17.2. The maximum atomic E-state index is 11.9. The number of para-hydroxylation sites is 1. The lowest BCUT2D eigenvalue weighted by molar-refractivity contribution is -0.210. The SMILES string of the molecule is [CH2]CCC(=O)N1CCN(CCCCc2cccc3c2OOCCCC3)CC1. The van der Waals surface area contributed by atoms with E-state index in [1.807, 2.05) is 4.90 Å². The number of benzene rings is 1. The summed E-state index contributed by atoms with van der Waals surface area (Å²) in [6, 6.07) is 6.46. The maximum Gasteiger partial charge on any atom is 0.222 e. The fourth-order valence-electron chi connectivity index (χ4n) is 3.90. The number of carbonyl (C=O) groups is 1. The van der Waals surface area contributed by atoms with Crippen LogP contribution >= 0.6 is 0 Å². The molecule has 0 bridgehead atoms. The van der Waals surface area contributed by atoms with Crippen molar-refractivity contribution in [2.45, 2.75) is 51.4 Å². The van der Waals surface area contributed by atoms with Crippen LogP contribution in [0.1, 0.15) is 49.7 Å². The molecule has 0 atom stereocenters. The first kappa shape index (κ1) is 20.2. The van der Waals surface area contributed by atoms with Crippen LogP contribution in [0.4, 0.5) is 0 Å². The molecule has 1 amide bonds. The van der Waals surface area contributed by atoms with Gasteiger partial charge in [-0.1, -0.05) is 25.1 Å². The van der Waals surface area contributed by atoms with Gasteiger partial charge in [0.15, 0.2) is 5.75 Å². The number of hydrogen-bond acceptors (Lipinski definition) is 4. The Labute approximate surface area is 163 Å². The molecule has 0 aromatic heterocycles. The smallest absolute Gasteiger partial charge is 0.222 e. The number of rotatable bonds is 7. The molecule has 3 rings (SSSR count). The van der Waals surface area contributed by atoms with Gasteiger partial charge in [0.2, 0.25) is 5.91 Å². The normalized spacial score (nSPS) is 18.3. The number of aryl methyl sites for hydroxylation is 2. The summed E-state index contributed by atoms with van der Waals surface area (Å²) in [5, 5.41) is 0. The second-order valence-corrected chi connectivity index (χ2v) is 7.55. The molecule has 1 saturated heterocycles. The van der Waals surface area contributed by atoms with Crippen molar-refractivity contribution in [3.8, 4) is 5.75 Å². The molecular weight excluding hydrogens is 340 g/mol. The molecule has 0 N–H and O–H groups in total. The van der Waals surface area contributed by atoms with Gasteiger partial charge >= 0.3 is 0 Å². The van der Waals surface area contributed by atoms with Gasteiger partial charge < -0.3 is 9.79 Å². The lowest BCUT2D eigenvalue weighted by atomic mass is 10.00. The number of hydrogen-bond donors (Lipinski definition) is 0. The van der Waals surface area contributed by atoms with Crippen molar-refractivity contribution >= 4 is 5.91 Å². The van der Waals surface area contributed by atoms with Crippen LogP contribution in [0.3, 0.4) is 0 Å². The summed E-state index contributed by atoms with van der Waals surface area (Å²) in [6.07, 6.45) is 7.88. The third kappa shape index (κ3) is 5.94. The molecule has 0 saturated carbocycles. The third-order valence-corrected chi connectivity index (χ3v) is 5.53. The predicted octanol–water partition coefficient (Wildman–Crippen LogP) is 3.41. The quantitative estimate of drug-likeness (QED) is 0.543. The molecule has 1 radical (unpaired) electrons. The average molecular weight is 374 g/mol. The van der Waals surface area contributed by atoms with Gasteiger partial charge in [-0.15, -0.1) is 0 Å². The minimum Gasteiger partial charge on any atom is -0.340 e. The van der Waals surface area contributed by atoms with Crippen LogP contribution < -0.4 is 4.89 Å². The molecule has 2 aliphatic heterocycles. The van der Waals surface area contributed by atoms with Crippen LogP contribution in [0.5, 0.6) is 5.75 Å². The highest BCUT2D eigenvalue weighted by Crippen LogP contribution is 2.28. The Kier molecular flexibility index (Phi) is 7.96. The summed E-state index contributed by atoms with van der Waals surface area (Å²) in [4.78, 5) is 27.3. The second kappa shape index (κ2) is 10.7. The van der Waals surface area contributed by atoms with Gasteiger partial charge in [-0.25, -0.2) is 0 Å². The number of fused-ring (bicyclic) bond motifs is 1. The molecule has 1 fully saturated rings. The zero-order chi connectivity index (χ0) is 18.9. The molecule has 149 valence electrons. The van der Waals surface area contributed by atoms with Gasteiger partial charge in [-0.3, -0.25) is 9.69 Å². The van der Waals surface area contributed by atoms with Crippen molar-refractivity contribution in [1.82, 2.24) is 9.80 Å². The Morgan fingerprint density at radius 1 is 1.11 bits per heavy atom. The fourth-order valence-corrected chi connectivity index (χ4v) is 3.90. The fraction of sp³-hybridized carbons (Fsp3) is 0.636. The molecule has 1 aromatic carbocycles. The van der Waals surface area contributed by atoms with E-state index in [1.54, 1.807) is 0 Å². The van der Waals surface area contributed by atoms with E-state index in [0.29, 0.717) is 19.4 Å². The first-order chi connectivity index (χ1) is 13.3. The molecule has 0 unspecified atom stereocenters. The van der Waals surface area contributed by atoms with E-state index in [-0.39, 0.29) is 5.91 Å². The molecule has 5 heteroatoms. The van der Waals surface area contributed by atoms with Crippen molar-refractivity contribution in [3.63, 3.8) is 0 Å². The van der Waals surface area contributed by atoms with Gasteiger partial charge in [0.25, 0.3) is 0 Å². The number of unbranched alkanes of at least 4 members (excludes halogenated alkanes) is 1. The lowest BCUT2D eigenvalue weighted by Crippen LogP contribution is -2.48. The standard InChI is InChI=1S/C22H33N2O3/c1-2-8-21(25)24-16-14-23(15-17-24)13-5-3-9-19-11-7-12-20-10-4-6-18-26-27-22(19)20/h7,11-12H,1-6,8-10,13-18H2. The highest BCUT2D eigenvalue weighted by molar-refractivity contribution is 5.76. The summed E-state index contributed by atoms with van der Waals surface area (Å²) in [5.74, 6) is 1.21. The summed E-state index contributed by atoms with van der Waals surface area (Å²) < 4.78 is 0. The van der Waals surface area contributed by atoms with Crippen molar-refractivity contribution in [2.24, 2.45) is 0 Å². The number of carbonyl (C=O) groups excluding carboxylic acids is 1. The summed E-state index contributed by atoms with van der Waals surface area (Å²) in [6.45, 7) is 9.24. The highest BCUT2D eigenvalue weighted by Gasteiger charge is 2.20. The Bertz CT molecular complexity index is 597. The Morgan fingerprint density at radius 2 is 1.96 bits per heavy atom. The monoisotopic (exact) mass is 373 g/mol. The first-order valence-electron chi connectivity index (χ1n) is 10.5. The molecule has 27 heavy (non-hydrogen) atoms. The minimum absolute atomic E-state index is 0.257. The molecule has 1 aromatic rings. The third-order valence-electron chi connectivity index (χ3n) is 5.53. The molecule has 0 aliphatic carbocycles. The second-order valence-electron chi connectivity index (χ2n) is 7.55. The van der Waals surface area contributed by atoms with Gasteiger partial charge in [-0.2, -0.15) is 4.89 Å². The Morgan fingerprint density at radius 3 is 2.78 bits per heavy atom. The van der Waals surface area contributed by atoms with Gasteiger partial charge in [0, 0.05) is 32.6 Å². The van der Waals surface area contributed by atoms with Crippen molar-refractivity contribution in [1.29, 1.82) is 0 Å². The van der Waals surface area contributed by atoms with E-state index < -0.39 is 0 Å². The summed E-state index contributed by atoms with van der Waals surface area (Å²) in [7, 11) is 0. The molecule has 5 nitrogen and oxygen atoms in total. The van der Waals surface area contributed by atoms with Gasteiger partial charge in [0.1, 0.15) is 0 Å². The van der Waals surface area contributed by atoms with E-state index >= 15 is 0 Å². The largest absolute Gasteiger partial charge is 0.340 e.